The van der Waals surface area contributed by atoms with Gasteiger partial charge in [-0.1, -0.05) is 18.2 Å². The number of nitrogens with one attached hydrogen (secondary N) is 3. The summed E-state index contributed by atoms with van der Waals surface area (Å²) < 4.78 is 32.8. The van der Waals surface area contributed by atoms with E-state index in [0.29, 0.717) is 0 Å². The van der Waals surface area contributed by atoms with Gasteiger partial charge >= 0.3 is 6.09 Å². The van der Waals surface area contributed by atoms with Crippen molar-refractivity contribution >= 4 is 27.9 Å². The second-order valence-electron chi connectivity index (χ2n) is 8.88. The van der Waals surface area contributed by atoms with E-state index in [0.717, 1.165) is 0 Å². The fourth-order valence-electron chi connectivity index (χ4n) is 3.14. The minimum atomic E-state index is -3.84. The van der Waals surface area contributed by atoms with Crippen molar-refractivity contribution in [2.75, 3.05) is 20.1 Å². The van der Waals surface area contributed by atoms with E-state index in [1.54, 1.807) is 46.9 Å². The lowest BCUT2D eigenvalue weighted by Gasteiger charge is -2.26. The Hall–Kier alpha value is -2.92. The Morgan fingerprint density at radius 1 is 1.21 bits per heavy atom. The molecule has 1 aliphatic heterocycles. The summed E-state index contributed by atoms with van der Waals surface area (Å²) in [7, 11) is -2.28. The van der Waals surface area contributed by atoms with Crippen LogP contribution >= 0.6 is 0 Å². The van der Waals surface area contributed by atoms with Gasteiger partial charge in [-0.15, -0.1) is 0 Å². The van der Waals surface area contributed by atoms with E-state index in [4.69, 9.17) is 4.74 Å². The molecule has 3 N–H and O–H groups in total. The molecule has 2 rings (SSSR count). The van der Waals surface area contributed by atoms with Crippen LogP contribution in [-0.2, 0) is 19.6 Å². The van der Waals surface area contributed by atoms with Crippen LogP contribution < -0.4 is 15.4 Å². The van der Waals surface area contributed by atoms with Crippen molar-refractivity contribution in [1.29, 1.82) is 0 Å². The molecule has 1 aromatic carbocycles. The van der Waals surface area contributed by atoms with Crippen LogP contribution in [0.4, 0.5) is 4.79 Å². The van der Waals surface area contributed by atoms with Gasteiger partial charge < -0.3 is 20.3 Å². The van der Waals surface area contributed by atoms with Crippen LogP contribution in [0.5, 0.6) is 0 Å². The molecule has 0 spiro atoms. The minimum Gasteiger partial charge on any atom is -0.444 e. The lowest BCUT2D eigenvalue weighted by molar-refractivity contribution is -0.123. The van der Waals surface area contributed by atoms with Crippen molar-refractivity contribution in [3.63, 3.8) is 0 Å². The van der Waals surface area contributed by atoms with E-state index >= 15 is 0 Å². The van der Waals surface area contributed by atoms with Gasteiger partial charge in [0.1, 0.15) is 11.6 Å². The Morgan fingerprint density at radius 3 is 2.58 bits per heavy atom. The first-order valence-corrected chi connectivity index (χ1v) is 12.1. The molecule has 1 aromatic rings. The smallest absolute Gasteiger partial charge is 0.408 e. The number of rotatable bonds is 1. The van der Waals surface area contributed by atoms with Crippen LogP contribution in [0.2, 0.25) is 0 Å². The molecule has 1 aliphatic rings. The number of benzene rings is 1. The van der Waals surface area contributed by atoms with Crippen LogP contribution in [0, 0.1) is 0 Å². The van der Waals surface area contributed by atoms with E-state index in [1.165, 1.54) is 29.2 Å². The minimum absolute atomic E-state index is 0.0203. The Balaban J connectivity index is 2.29. The SMILES string of the molecule is CC1CN(C)C(=O)c2cccc(c2)S(=O)(=O)NC/C=C/CC(NC(=O)OC(C)(C)C)C(=O)N1. The average Bonchev–Trinajstić information content (AvgIpc) is 2.69. The summed E-state index contributed by atoms with van der Waals surface area (Å²) in [5.74, 6) is -0.836. The van der Waals surface area contributed by atoms with Crippen molar-refractivity contribution in [3.05, 3.63) is 42.0 Å². The van der Waals surface area contributed by atoms with Gasteiger partial charge in [0.2, 0.25) is 15.9 Å². The standard InChI is InChI=1S/C22H32N4O6S/c1-15-14-26(5)20(28)16-9-8-10-17(13-16)33(30,31)23-12-7-6-11-18(19(27)24-15)25-21(29)32-22(2,3)4/h6-10,13,15,18,23H,11-12,14H2,1-5H3,(H,24,27)(H,25,29)/b7-6+. The number of hydrogen-bond donors (Lipinski definition) is 3. The average molecular weight is 481 g/mol. The summed E-state index contributed by atoms with van der Waals surface area (Å²) in [4.78, 5) is 39.2. The van der Waals surface area contributed by atoms with E-state index < -0.39 is 39.7 Å². The summed E-state index contributed by atoms with van der Waals surface area (Å²) >= 11 is 0. The third-order valence-electron chi connectivity index (χ3n) is 4.61. The first-order valence-electron chi connectivity index (χ1n) is 10.6. The largest absolute Gasteiger partial charge is 0.444 e. The van der Waals surface area contributed by atoms with Gasteiger partial charge in [0.15, 0.2) is 0 Å². The zero-order valence-corrected chi connectivity index (χ0v) is 20.4. The monoisotopic (exact) mass is 480 g/mol. The number of carbonyl (C=O) groups excluding carboxylic acids is 3. The second kappa shape index (κ2) is 10.8. The van der Waals surface area contributed by atoms with Crippen molar-refractivity contribution < 1.29 is 27.5 Å². The van der Waals surface area contributed by atoms with Crippen molar-refractivity contribution in [3.8, 4) is 0 Å². The quantitative estimate of drug-likeness (QED) is 0.520. The number of carbonyl (C=O) groups is 3. The van der Waals surface area contributed by atoms with E-state index in [1.807, 2.05) is 0 Å². The Labute approximate surface area is 194 Å². The topological polar surface area (TPSA) is 134 Å². The van der Waals surface area contributed by atoms with Crippen LogP contribution in [0.3, 0.4) is 0 Å². The molecule has 0 aromatic heterocycles. The number of hydrogen-bond acceptors (Lipinski definition) is 6. The number of fused-ring (bicyclic) bond motifs is 2. The highest BCUT2D eigenvalue weighted by Gasteiger charge is 2.26. The number of likely N-dealkylation sites (N-methyl/N-ethyl adjacent to an activating group) is 1. The Bertz CT molecular complexity index is 1020. The van der Waals surface area contributed by atoms with Crippen LogP contribution in [0.25, 0.3) is 0 Å². The maximum absolute atomic E-state index is 12.8. The van der Waals surface area contributed by atoms with E-state index in [-0.39, 0.29) is 35.9 Å². The molecule has 2 bridgehead atoms. The first-order chi connectivity index (χ1) is 15.3. The first kappa shape index (κ1) is 26.3. The number of alkyl carbamates (subject to hydrolysis) is 1. The fraction of sp³-hybridized carbons (Fsp3) is 0.500. The Morgan fingerprint density at radius 2 is 1.91 bits per heavy atom. The maximum Gasteiger partial charge on any atom is 0.408 e. The zero-order chi connectivity index (χ0) is 24.8. The van der Waals surface area contributed by atoms with Crippen molar-refractivity contribution in [2.45, 2.75) is 56.7 Å². The molecule has 2 unspecified atom stereocenters. The highest BCUT2D eigenvalue weighted by atomic mass is 32.2. The van der Waals surface area contributed by atoms with Gasteiger partial charge in [-0.05, 0) is 52.3 Å². The third-order valence-corrected chi connectivity index (χ3v) is 6.03. The second-order valence-corrected chi connectivity index (χ2v) is 10.6. The number of ether oxygens (including phenoxy) is 1. The van der Waals surface area contributed by atoms with Crippen molar-refractivity contribution in [1.82, 2.24) is 20.3 Å². The van der Waals surface area contributed by atoms with Gasteiger partial charge in [-0.3, -0.25) is 9.59 Å². The van der Waals surface area contributed by atoms with Crippen LogP contribution in [0.15, 0.2) is 41.3 Å². The van der Waals surface area contributed by atoms with Crippen LogP contribution in [-0.4, -0.2) is 69.0 Å². The molecule has 10 nitrogen and oxygen atoms in total. The lowest BCUT2D eigenvalue weighted by atomic mass is 10.1. The summed E-state index contributed by atoms with van der Waals surface area (Å²) in [6, 6.07) is 4.39. The van der Waals surface area contributed by atoms with Gasteiger partial charge in [0, 0.05) is 31.7 Å². The number of nitrogens with zero attached hydrogens (tertiary/aromatic N) is 1. The molecular weight excluding hydrogens is 448 g/mol. The summed E-state index contributed by atoms with van der Waals surface area (Å²) in [5, 5.41) is 5.35. The molecule has 0 saturated heterocycles. The van der Waals surface area contributed by atoms with Gasteiger partial charge in [-0.25, -0.2) is 17.9 Å². The van der Waals surface area contributed by atoms with Crippen molar-refractivity contribution in [2.24, 2.45) is 0 Å². The molecule has 0 aliphatic carbocycles. The molecule has 1 heterocycles. The third kappa shape index (κ3) is 8.17. The zero-order valence-electron chi connectivity index (χ0n) is 19.5. The maximum atomic E-state index is 12.8. The molecule has 33 heavy (non-hydrogen) atoms. The highest BCUT2D eigenvalue weighted by molar-refractivity contribution is 7.89. The molecular formula is C22H32N4O6S. The molecule has 2 atom stereocenters. The molecule has 0 radical (unpaired) electrons. The molecule has 182 valence electrons. The van der Waals surface area contributed by atoms with Gasteiger partial charge in [0.25, 0.3) is 5.91 Å². The highest BCUT2D eigenvalue weighted by Crippen LogP contribution is 2.14. The fourth-order valence-corrected chi connectivity index (χ4v) is 4.16. The summed E-state index contributed by atoms with van der Waals surface area (Å²) in [6.45, 7) is 7.01. The normalized spacial score (nSPS) is 23.4. The van der Waals surface area contributed by atoms with Crippen LogP contribution in [0.1, 0.15) is 44.5 Å². The molecule has 0 saturated carbocycles. The lowest BCUT2D eigenvalue weighted by Crippen LogP contribution is -2.52. The molecule has 11 heteroatoms. The Kier molecular flexibility index (Phi) is 8.62. The number of amides is 3. The summed E-state index contributed by atoms with van der Waals surface area (Å²) in [5.41, 5.74) is -0.523. The van der Waals surface area contributed by atoms with E-state index in [2.05, 4.69) is 15.4 Å². The number of sulfonamides is 1. The predicted octanol–water partition coefficient (Wildman–Crippen LogP) is 1.39. The molecule has 3 amide bonds. The van der Waals surface area contributed by atoms with Gasteiger partial charge in [-0.2, -0.15) is 0 Å². The molecule has 0 fully saturated rings. The van der Waals surface area contributed by atoms with Gasteiger partial charge in [0.05, 0.1) is 4.90 Å². The van der Waals surface area contributed by atoms with E-state index in [9.17, 15) is 22.8 Å². The summed E-state index contributed by atoms with van der Waals surface area (Å²) in [6.07, 6.45) is 2.52. The predicted molar refractivity (Wildman–Crippen MR) is 123 cm³/mol.